The first kappa shape index (κ1) is 32.2. The molecule has 2 aromatic carbocycles. The van der Waals surface area contributed by atoms with Gasteiger partial charge in [0, 0.05) is 11.8 Å². The molecule has 5 aliphatic rings. The summed E-state index contributed by atoms with van der Waals surface area (Å²) in [7, 11) is 0. The number of ketones is 1. The summed E-state index contributed by atoms with van der Waals surface area (Å²) in [5.74, 6) is 1.95. The molecule has 3 saturated carbocycles. The molecule has 0 radical (unpaired) electrons. The van der Waals surface area contributed by atoms with Crippen molar-refractivity contribution in [1.82, 2.24) is 5.32 Å². The zero-order valence-corrected chi connectivity index (χ0v) is 28.7. The molecular weight excluding hydrogens is 586 g/mol. The van der Waals surface area contributed by atoms with Crippen LogP contribution in [0.5, 0.6) is 0 Å². The van der Waals surface area contributed by atoms with Crippen molar-refractivity contribution in [3.8, 4) is 11.1 Å². The molecule has 8 unspecified atom stereocenters. The van der Waals surface area contributed by atoms with Crippen molar-refractivity contribution in [2.45, 2.75) is 104 Å². The maximum absolute atomic E-state index is 13.5. The van der Waals surface area contributed by atoms with Crippen LogP contribution in [0.1, 0.15) is 103 Å². The largest absolute Gasteiger partial charge is 0.457 e. The van der Waals surface area contributed by atoms with E-state index in [-0.39, 0.29) is 41.3 Å². The van der Waals surface area contributed by atoms with Crippen LogP contribution in [0, 0.1) is 40.4 Å². The van der Waals surface area contributed by atoms with Crippen molar-refractivity contribution in [2.24, 2.45) is 40.4 Å². The average molecular weight is 638 g/mol. The summed E-state index contributed by atoms with van der Waals surface area (Å²) in [5, 5.41) is 2.83. The Labute approximate surface area is 280 Å². The van der Waals surface area contributed by atoms with Gasteiger partial charge in [0.25, 0.3) is 0 Å². The van der Waals surface area contributed by atoms with E-state index in [0.29, 0.717) is 23.5 Å². The molecule has 8 atom stereocenters. The van der Waals surface area contributed by atoms with Crippen LogP contribution in [0.3, 0.4) is 0 Å². The van der Waals surface area contributed by atoms with E-state index in [1.165, 1.54) is 29.5 Å². The van der Waals surface area contributed by atoms with Crippen LogP contribution in [0.15, 0.2) is 60.2 Å². The normalized spacial score (nSPS) is 33.0. The fourth-order valence-electron chi connectivity index (χ4n) is 10.9. The highest BCUT2D eigenvalue weighted by Gasteiger charge is 2.59. The van der Waals surface area contributed by atoms with Crippen LogP contribution in [-0.4, -0.2) is 36.6 Å². The summed E-state index contributed by atoms with van der Waals surface area (Å²) in [6.45, 7) is 10.7. The summed E-state index contributed by atoms with van der Waals surface area (Å²) in [6, 6.07) is 15.7. The minimum atomic E-state index is -0.791. The molecule has 0 aromatic heterocycles. The number of carbonyl (C=O) groups excluding carboxylic acids is 3. The Kier molecular flexibility index (Phi) is 8.37. The van der Waals surface area contributed by atoms with E-state index >= 15 is 0 Å². The molecule has 5 aliphatic carbocycles. The summed E-state index contributed by atoms with van der Waals surface area (Å²) < 4.78 is 11.9. The quantitative estimate of drug-likeness (QED) is 0.243. The van der Waals surface area contributed by atoms with E-state index in [2.05, 4.69) is 49.5 Å². The number of allylic oxidation sites excluding steroid dienone is 1. The minimum absolute atomic E-state index is 0.0435. The topological polar surface area (TPSA) is 81.7 Å². The second-order valence-corrected chi connectivity index (χ2v) is 16.0. The summed E-state index contributed by atoms with van der Waals surface area (Å²) >= 11 is 0. The van der Waals surface area contributed by atoms with E-state index in [0.717, 1.165) is 49.7 Å². The van der Waals surface area contributed by atoms with Crippen LogP contribution >= 0.6 is 0 Å². The van der Waals surface area contributed by atoms with E-state index in [1.807, 2.05) is 38.1 Å². The molecule has 1 amide bonds. The fourth-order valence-corrected chi connectivity index (χ4v) is 10.9. The summed E-state index contributed by atoms with van der Waals surface area (Å²) in [5.41, 5.74) is 6.38. The highest BCUT2D eigenvalue weighted by atomic mass is 16.6. The number of hydrogen-bond acceptors (Lipinski definition) is 5. The first-order valence-electron chi connectivity index (χ1n) is 18.0. The van der Waals surface area contributed by atoms with Crippen LogP contribution in [-0.2, 0) is 19.1 Å². The van der Waals surface area contributed by atoms with Crippen molar-refractivity contribution < 1.29 is 23.9 Å². The number of benzene rings is 2. The Bertz CT molecular complexity index is 1550. The molecule has 1 N–H and O–H groups in total. The smallest absolute Gasteiger partial charge is 0.407 e. The molecule has 2 aromatic rings. The lowest BCUT2D eigenvalue weighted by atomic mass is 9.46. The highest BCUT2D eigenvalue weighted by molar-refractivity contribution is 5.82. The van der Waals surface area contributed by atoms with Gasteiger partial charge in [-0.3, -0.25) is 4.79 Å². The Hall–Kier alpha value is -3.41. The van der Waals surface area contributed by atoms with Gasteiger partial charge in [-0.2, -0.15) is 0 Å². The molecule has 7 rings (SSSR count). The Morgan fingerprint density at radius 2 is 1.55 bits per heavy atom. The fraction of sp³-hybridized carbons (Fsp3) is 0.585. The van der Waals surface area contributed by atoms with E-state index in [9.17, 15) is 14.4 Å². The van der Waals surface area contributed by atoms with Gasteiger partial charge < -0.3 is 14.8 Å². The third-order valence-corrected chi connectivity index (χ3v) is 13.4. The molecular formula is C41H51NO5. The number of alkyl carbamates (subject to hydrolysis) is 1. The Morgan fingerprint density at radius 1 is 0.872 bits per heavy atom. The summed E-state index contributed by atoms with van der Waals surface area (Å²) in [4.78, 5) is 39.1. The molecule has 3 fully saturated rings. The maximum atomic E-state index is 13.5. The van der Waals surface area contributed by atoms with E-state index in [4.69, 9.17) is 9.47 Å². The monoisotopic (exact) mass is 637 g/mol. The first-order chi connectivity index (χ1) is 22.5. The van der Waals surface area contributed by atoms with Gasteiger partial charge in [0.2, 0.25) is 0 Å². The number of esters is 1. The lowest BCUT2D eigenvalue weighted by Gasteiger charge is -2.58. The molecule has 250 valence electrons. The molecule has 47 heavy (non-hydrogen) atoms. The van der Waals surface area contributed by atoms with Crippen molar-refractivity contribution in [1.29, 1.82) is 0 Å². The zero-order chi connectivity index (χ0) is 33.1. The Balaban J connectivity index is 0.981. The number of ether oxygens (including phenoxy) is 2. The predicted octanol–water partition coefficient (Wildman–Crippen LogP) is 8.63. The maximum Gasteiger partial charge on any atom is 0.407 e. The highest BCUT2D eigenvalue weighted by Crippen LogP contribution is 2.66. The number of carbonyl (C=O) groups is 3. The minimum Gasteiger partial charge on any atom is -0.457 e. The van der Waals surface area contributed by atoms with Crippen LogP contribution in [0.25, 0.3) is 11.1 Å². The molecule has 0 bridgehead atoms. The van der Waals surface area contributed by atoms with Gasteiger partial charge >= 0.3 is 12.1 Å². The second-order valence-electron chi connectivity index (χ2n) is 16.0. The van der Waals surface area contributed by atoms with Gasteiger partial charge in [0.1, 0.15) is 24.5 Å². The predicted molar refractivity (Wildman–Crippen MR) is 183 cm³/mol. The zero-order valence-electron chi connectivity index (χ0n) is 28.7. The van der Waals surface area contributed by atoms with Gasteiger partial charge in [-0.25, -0.2) is 9.59 Å². The van der Waals surface area contributed by atoms with Crippen LogP contribution in [0.2, 0.25) is 0 Å². The second kappa shape index (κ2) is 12.2. The number of fused-ring (bicyclic) bond motifs is 8. The third-order valence-electron chi connectivity index (χ3n) is 13.4. The first-order valence-corrected chi connectivity index (χ1v) is 18.0. The van der Waals surface area contributed by atoms with Crippen molar-refractivity contribution >= 4 is 17.8 Å². The van der Waals surface area contributed by atoms with Crippen molar-refractivity contribution in [2.75, 3.05) is 6.61 Å². The molecule has 6 nitrogen and oxygen atoms in total. The van der Waals surface area contributed by atoms with Gasteiger partial charge in [0.05, 0.1) is 0 Å². The molecule has 6 heteroatoms. The number of amides is 1. The van der Waals surface area contributed by atoms with Gasteiger partial charge in [0.15, 0.2) is 0 Å². The van der Waals surface area contributed by atoms with Crippen molar-refractivity contribution in [3.05, 3.63) is 71.3 Å². The average Bonchev–Trinajstić information content (AvgIpc) is 3.57. The molecule has 0 heterocycles. The SMILES string of the molecule is CC(=O)C1CCC2C3CCC4=CC(OC(=O)C(NC(=O)OCC5c6ccccc6-c6ccccc65)C(C)C)CCC4(C)C3CCC12C. The van der Waals surface area contributed by atoms with E-state index < -0.39 is 18.1 Å². The molecule has 0 spiro atoms. The Morgan fingerprint density at radius 3 is 2.21 bits per heavy atom. The number of Topliss-reactive ketones (excluding diaryl/α,β-unsaturated/α-hetero) is 1. The lowest BCUT2D eigenvalue weighted by Crippen LogP contribution is -2.51. The van der Waals surface area contributed by atoms with Gasteiger partial charge in [-0.15, -0.1) is 0 Å². The number of hydrogen-bond donors (Lipinski definition) is 1. The van der Waals surface area contributed by atoms with Crippen LogP contribution in [0.4, 0.5) is 4.79 Å². The van der Waals surface area contributed by atoms with Crippen LogP contribution < -0.4 is 5.32 Å². The lowest BCUT2D eigenvalue weighted by molar-refractivity contribution is -0.152. The molecule has 0 aliphatic heterocycles. The molecule has 0 saturated heterocycles. The van der Waals surface area contributed by atoms with Gasteiger partial charge in [-0.05, 0) is 121 Å². The van der Waals surface area contributed by atoms with Crippen molar-refractivity contribution in [3.63, 3.8) is 0 Å². The number of nitrogens with one attached hydrogen (secondary N) is 1. The third kappa shape index (κ3) is 5.44. The number of rotatable bonds is 7. The summed E-state index contributed by atoms with van der Waals surface area (Å²) in [6.07, 6.45) is 9.91. The van der Waals surface area contributed by atoms with E-state index in [1.54, 1.807) is 6.92 Å². The standard InChI is InChI=1S/C41H51NO5/c1-24(2)37(42-39(45)46-23-33-30-12-8-6-10-28(30)29-11-7-9-13-31(29)33)38(44)47-27-18-20-40(4)26(22-27)14-15-32-35-17-16-34(25(3)43)41(35,5)21-19-36(32)40/h6-13,22,24,27,32-37H,14-21,23H2,1-5H3,(H,42,45). The van der Waals surface area contributed by atoms with Gasteiger partial charge in [-0.1, -0.05) is 81.8 Å².